The summed E-state index contributed by atoms with van der Waals surface area (Å²) in [6.07, 6.45) is 1.71. The topological polar surface area (TPSA) is 34.4 Å². The fourth-order valence-corrected chi connectivity index (χ4v) is 2.14. The van der Waals surface area contributed by atoms with Crippen LogP contribution >= 0.6 is 0 Å². The first-order valence-corrected chi connectivity index (χ1v) is 6.52. The number of hydrogen-bond acceptors (Lipinski definition) is 3. The van der Waals surface area contributed by atoms with Crippen molar-refractivity contribution in [2.45, 2.75) is 33.9 Å². The van der Waals surface area contributed by atoms with Gasteiger partial charge in [-0.3, -0.25) is 0 Å². The summed E-state index contributed by atoms with van der Waals surface area (Å²) in [6, 6.07) is 6.22. The van der Waals surface area contributed by atoms with Crippen molar-refractivity contribution in [2.75, 3.05) is 7.05 Å². The fourth-order valence-electron chi connectivity index (χ4n) is 2.14. The fraction of sp³-hybridized carbons (Fsp3) is 0.375. The Balaban J connectivity index is 2.12. The predicted octanol–water partition coefficient (Wildman–Crippen LogP) is 3.50. The van der Waals surface area contributed by atoms with Gasteiger partial charge in [0.05, 0.1) is 6.26 Å². The lowest BCUT2D eigenvalue weighted by Gasteiger charge is -2.12. The first-order chi connectivity index (χ1) is 9.11. The molecule has 1 N–H and O–H groups in total. The maximum absolute atomic E-state index is 5.91. The van der Waals surface area contributed by atoms with Crippen LogP contribution in [0.25, 0.3) is 0 Å². The Morgan fingerprint density at radius 3 is 2.74 bits per heavy atom. The van der Waals surface area contributed by atoms with Crippen LogP contribution in [0.15, 0.2) is 28.9 Å². The van der Waals surface area contributed by atoms with Crippen LogP contribution in [0.1, 0.15) is 28.0 Å². The molecule has 0 radical (unpaired) electrons. The highest BCUT2D eigenvalue weighted by Crippen LogP contribution is 2.24. The van der Waals surface area contributed by atoms with E-state index in [2.05, 4.69) is 38.2 Å². The third-order valence-electron chi connectivity index (χ3n) is 3.33. The van der Waals surface area contributed by atoms with Crippen molar-refractivity contribution in [1.29, 1.82) is 0 Å². The lowest BCUT2D eigenvalue weighted by molar-refractivity contribution is 0.266. The summed E-state index contributed by atoms with van der Waals surface area (Å²) in [7, 11) is 1.92. The van der Waals surface area contributed by atoms with Crippen LogP contribution in [0.5, 0.6) is 5.75 Å². The number of ether oxygens (including phenoxy) is 1. The average molecular weight is 259 g/mol. The zero-order chi connectivity index (χ0) is 13.8. The Morgan fingerprint density at radius 1 is 1.21 bits per heavy atom. The van der Waals surface area contributed by atoms with Gasteiger partial charge >= 0.3 is 0 Å². The predicted molar refractivity (Wildman–Crippen MR) is 76.5 cm³/mol. The molecule has 0 fully saturated rings. The van der Waals surface area contributed by atoms with Crippen molar-refractivity contribution < 1.29 is 9.15 Å². The van der Waals surface area contributed by atoms with E-state index in [9.17, 15) is 0 Å². The lowest BCUT2D eigenvalue weighted by Crippen LogP contribution is -2.07. The van der Waals surface area contributed by atoms with E-state index in [1.165, 1.54) is 16.7 Å². The standard InChI is InChI=1S/C16H21NO2/c1-11-7-12(2)13(3)15(8-11)19-10-16-14(9-17-4)5-6-18-16/h5-8,17H,9-10H2,1-4H3. The van der Waals surface area contributed by atoms with Crippen LogP contribution in [0, 0.1) is 20.8 Å². The van der Waals surface area contributed by atoms with Gasteiger partial charge in [0.25, 0.3) is 0 Å². The van der Waals surface area contributed by atoms with Gasteiger partial charge in [-0.05, 0) is 56.6 Å². The molecule has 0 aliphatic heterocycles. The molecule has 0 unspecified atom stereocenters. The van der Waals surface area contributed by atoms with Gasteiger partial charge in [-0.25, -0.2) is 0 Å². The van der Waals surface area contributed by atoms with E-state index in [0.29, 0.717) is 6.61 Å². The molecule has 0 aliphatic carbocycles. The molecule has 2 rings (SSSR count). The molecule has 1 aromatic heterocycles. The molecule has 0 saturated carbocycles. The van der Waals surface area contributed by atoms with Crippen molar-refractivity contribution >= 4 is 0 Å². The molecular weight excluding hydrogens is 238 g/mol. The van der Waals surface area contributed by atoms with E-state index >= 15 is 0 Å². The van der Waals surface area contributed by atoms with Gasteiger partial charge in [0.2, 0.25) is 0 Å². The monoisotopic (exact) mass is 259 g/mol. The molecule has 1 aromatic carbocycles. The van der Waals surface area contributed by atoms with Gasteiger partial charge in [0, 0.05) is 12.1 Å². The molecule has 0 saturated heterocycles. The van der Waals surface area contributed by atoms with Crippen LogP contribution in [-0.4, -0.2) is 7.05 Å². The van der Waals surface area contributed by atoms with Gasteiger partial charge in [-0.2, -0.15) is 0 Å². The van der Waals surface area contributed by atoms with Crippen molar-refractivity contribution in [3.8, 4) is 5.75 Å². The second kappa shape index (κ2) is 5.93. The van der Waals surface area contributed by atoms with Crippen molar-refractivity contribution in [2.24, 2.45) is 0 Å². The molecule has 1 heterocycles. The van der Waals surface area contributed by atoms with Gasteiger partial charge in [0.15, 0.2) is 0 Å². The van der Waals surface area contributed by atoms with Crippen LogP contribution < -0.4 is 10.1 Å². The van der Waals surface area contributed by atoms with E-state index in [4.69, 9.17) is 9.15 Å². The van der Waals surface area contributed by atoms with Gasteiger partial charge in [0.1, 0.15) is 18.1 Å². The average Bonchev–Trinajstić information content (AvgIpc) is 2.80. The quantitative estimate of drug-likeness (QED) is 0.892. The SMILES string of the molecule is CNCc1ccoc1COc1cc(C)cc(C)c1C. The van der Waals surface area contributed by atoms with Crippen LogP contribution in [-0.2, 0) is 13.2 Å². The maximum Gasteiger partial charge on any atom is 0.146 e. The molecule has 19 heavy (non-hydrogen) atoms. The van der Waals surface area contributed by atoms with Crippen LogP contribution in [0.3, 0.4) is 0 Å². The highest BCUT2D eigenvalue weighted by Gasteiger charge is 2.09. The van der Waals surface area contributed by atoms with Gasteiger partial charge < -0.3 is 14.5 Å². The van der Waals surface area contributed by atoms with Crippen molar-refractivity contribution in [3.63, 3.8) is 0 Å². The number of nitrogens with one attached hydrogen (secondary N) is 1. The molecule has 0 bridgehead atoms. The van der Waals surface area contributed by atoms with E-state index in [-0.39, 0.29) is 0 Å². The second-order valence-electron chi connectivity index (χ2n) is 4.89. The first kappa shape index (κ1) is 13.7. The molecule has 0 aliphatic rings. The highest BCUT2D eigenvalue weighted by molar-refractivity contribution is 5.42. The minimum absolute atomic E-state index is 0.466. The smallest absolute Gasteiger partial charge is 0.146 e. The summed E-state index contributed by atoms with van der Waals surface area (Å²) in [6.45, 7) is 7.53. The number of aryl methyl sites for hydroxylation is 2. The number of furan rings is 1. The van der Waals surface area contributed by atoms with Gasteiger partial charge in [-0.15, -0.1) is 0 Å². The summed E-state index contributed by atoms with van der Waals surface area (Å²) in [5.74, 6) is 1.82. The van der Waals surface area contributed by atoms with Crippen molar-refractivity contribution in [1.82, 2.24) is 5.32 Å². The Morgan fingerprint density at radius 2 is 2.00 bits per heavy atom. The zero-order valence-corrected chi connectivity index (χ0v) is 12.0. The van der Waals surface area contributed by atoms with Crippen molar-refractivity contribution in [3.05, 3.63) is 52.5 Å². The lowest BCUT2D eigenvalue weighted by atomic mass is 10.1. The van der Waals surface area contributed by atoms with E-state index in [0.717, 1.165) is 23.6 Å². The summed E-state index contributed by atoms with van der Waals surface area (Å²) in [5, 5.41) is 3.12. The second-order valence-corrected chi connectivity index (χ2v) is 4.89. The molecule has 0 atom stereocenters. The Hall–Kier alpha value is -1.74. The van der Waals surface area contributed by atoms with Crippen LogP contribution in [0.2, 0.25) is 0 Å². The molecule has 3 nitrogen and oxygen atoms in total. The third-order valence-corrected chi connectivity index (χ3v) is 3.33. The number of hydrogen-bond donors (Lipinski definition) is 1. The highest BCUT2D eigenvalue weighted by atomic mass is 16.5. The van der Waals surface area contributed by atoms with Gasteiger partial charge in [-0.1, -0.05) is 6.07 Å². The molecule has 102 valence electrons. The molecule has 3 heteroatoms. The van der Waals surface area contributed by atoms with E-state index in [1.807, 2.05) is 13.1 Å². The largest absolute Gasteiger partial charge is 0.485 e. The van der Waals surface area contributed by atoms with E-state index < -0.39 is 0 Å². The summed E-state index contributed by atoms with van der Waals surface area (Å²) in [4.78, 5) is 0. The maximum atomic E-state index is 5.91. The third kappa shape index (κ3) is 3.18. The summed E-state index contributed by atoms with van der Waals surface area (Å²) >= 11 is 0. The number of rotatable bonds is 5. The minimum atomic E-state index is 0.466. The minimum Gasteiger partial charge on any atom is -0.485 e. The summed E-state index contributed by atoms with van der Waals surface area (Å²) in [5.41, 5.74) is 4.80. The first-order valence-electron chi connectivity index (χ1n) is 6.52. The van der Waals surface area contributed by atoms with Crippen LogP contribution in [0.4, 0.5) is 0 Å². The molecule has 2 aromatic rings. The molecular formula is C16H21NO2. The Bertz CT molecular complexity index is 558. The van der Waals surface area contributed by atoms with E-state index in [1.54, 1.807) is 6.26 Å². The summed E-state index contributed by atoms with van der Waals surface area (Å²) < 4.78 is 11.4. The molecule has 0 amide bonds. The number of benzene rings is 1. The Kier molecular flexibility index (Phi) is 4.27. The zero-order valence-electron chi connectivity index (χ0n) is 12.0. The Labute approximate surface area is 114 Å². The molecule has 0 spiro atoms. The normalized spacial score (nSPS) is 10.7.